The predicted molar refractivity (Wildman–Crippen MR) is 114 cm³/mol. The predicted octanol–water partition coefficient (Wildman–Crippen LogP) is 2.91. The van der Waals surface area contributed by atoms with Gasteiger partial charge in [0, 0.05) is 24.3 Å². The van der Waals surface area contributed by atoms with Crippen molar-refractivity contribution >= 4 is 35.2 Å². The number of nitrogens with zero attached hydrogens (tertiary/aromatic N) is 2. The maximum atomic E-state index is 12.2. The Morgan fingerprint density at radius 1 is 1.23 bits per heavy atom. The smallest absolute Gasteiger partial charge is 0.349 e. The zero-order chi connectivity index (χ0) is 22.2. The van der Waals surface area contributed by atoms with Crippen molar-refractivity contribution in [1.29, 1.82) is 5.26 Å². The van der Waals surface area contributed by atoms with Crippen molar-refractivity contribution in [3.05, 3.63) is 59.7 Å². The van der Waals surface area contributed by atoms with Gasteiger partial charge >= 0.3 is 5.97 Å². The first-order valence-corrected chi connectivity index (χ1v) is 9.63. The molecule has 2 amide bonds. The maximum Gasteiger partial charge on any atom is 0.349 e. The second kappa shape index (κ2) is 10.1. The topological polar surface area (TPSA) is 109 Å². The van der Waals surface area contributed by atoms with Crippen LogP contribution in [0.15, 0.2) is 54.1 Å². The summed E-state index contributed by atoms with van der Waals surface area (Å²) in [6.45, 7) is 0.146. The Labute approximate surface area is 179 Å². The molecule has 0 unspecified atom stereocenters. The molecule has 1 aliphatic rings. The molecule has 2 aromatic rings. The number of nitrogens with one attached hydrogen (secondary N) is 1. The lowest BCUT2D eigenvalue weighted by atomic mass is 10.1. The molecule has 8 nitrogen and oxygen atoms in total. The first-order valence-electron chi connectivity index (χ1n) is 9.63. The molecule has 0 atom stereocenters. The van der Waals surface area contributed by atoms with Crippen LogP contribution in [0, 0.1) is 11.3 Å². The van der Waals surface area contributed by atoms with E-state index in [9.17, 15) is 19.6 Å². The summed E-state index contributed by atoms with van der Waals surface area (Å²) in [6.07, 6.45) is 2.74. The van der Waals surface area contributed by atoms with Crippen LogP contribution in [0.3, 0.4) is 0 Å². The number of amides is 2. The van der Waals surface area contributed by atoms with Gasteiger partial charge in [-0.05, 0) is 54.5 Å². The van der Waals surface area contributed by atoms with Crippen molar-refractivity contribution in [1.82, 2.24) is 0 Å². The summed E-state index contributed by atoms with van der Waals surface area (Å²) in [5, 5.41) is 11.8. The first-order chi connectivity index (χ1) is 15.0. The van der Waals surface area contributed by atoms with Gasteiger partial charge in [0.1, 0.15) is 17.4 Å². The molecule has 31 heavy (non-hydrogen) atoms. The second-order valence-electron chi connectivity index (χ2n) is 6.77. The zero-order valence-electron chi connectivity index (χ0n) is 17.0. The van der Waals surface area contributed by atoms with Crippen molar-refractivity contribution in [3.8, 4) is 11.8 Å². The lowest BCUT2D eigenvalue weighted by Crippen LogP contribution is -2.24. The van der Waals surface area contributed by atoms with E-state index in [0.29, 0.717) is 30.0 Å². The minimum atomic E-state index is -0.900. The molecule has 1 aliphatic heterocycles. The van der Waals surface area contributed by atoms with E-state index >= 15 is 0 Å². The molecule has 1 N–H and O–H groups in total. The average Bonchev–Trinajstić information content (AvgIpc) is 3.22. The molecular formula is C23H21N3O5. The molecule has 0 spiro atoms. The lowest BCUT2D eigenvalue weighted by molar-refractivity contribution is -0.142. The summed E-state index contributed by atoms with van der Waals surface area (Å²) in [4.78, 5) is 37.7. The number of carbonyl (C=O) groups is 3. The van der Waals surface area contributed by atoms with Crippen LogP contribution in [0.5, 0.6) is 5.75 Å². The van der Waals surface area contributed by atoms with Crippen LogP contribution < -0.4 is 15.0 Å². The van der Waals surface area contributed by atoms with Gasteiger partial charge < -0.3 is 19.7 Å². The Hall–Kier alpha value is -4.12. The normalized spacial score (nSPS) is 13.5. The van der Waals surface area contributed by atoms with E-state index in [2.05, 4.69) is 5.32 Å². The monoisotopic (exact) mass is 419 g/mol. The van der Waals surface area contributed by atoms with Gasteiger partial charge in [0.2, 0.25) is 5.91 Å². The number of rotatable bonds is 7. The maximum absolute atomic E-state index is 12.2. The summed E-state index contributed by atoms with van der Waals surface area (Å²) in [6, 6.07) is 15.4. The number of carbonyl (C=O) groups excluding carboxylic acids is 3. The first kappa shape index (κ1) is 21.6. The Balaban J connectivity index is 1.54. The summed E-state index contributed by atoms with van der Waals surface area (Å²) in [7, 11) is 1.51. The van der Waals surface area contributed by atoms with Crippen molar-refractivity contribution < 1.29 is 23.9 Å². The van der Waals surface area contributed by atoms with Crippen molar-refractivity contribution in [2.24, 2.45) is 0 Å². The third-order valence-electron chi connectivity index (χ3n) is 4.62. The van der Waals surface area contributed by atoms with Crippen molar-refractivity contribution in [2.45, 2.75) is 12.8 Å². The Morgan fingerprint density at radius 2 is 2.00 bits per heavy atom. The highest BCUT2D eigenvalue weighted by Crippen LogP contribution is 2.23. The number of benzene rings is 2. The second-order valence-corrected chi connectivity index (χ2v) is 6.77. The fourth-order valence-electron chi connectivity index (χ4n) is 3.09. The third kappa shape index (κ3) is 5.70. The molecule has 8 heteroatoms. The number of hydrogen-bond acceptors (Lipinski definition) is 6. The zero-order valence-corrected chi connectivity index (χ0v) is 17.0. The van der Waals surface area contributed by atoms with Crippen LogP contribution in [0.25, 0.3) is 6.08 Å². The Morgan fingerprint density at radius 3 is 2.65 bits per heavy atom. The minimum absolute atomic E-state index is 0.0824. The molecule has 2 aromatic carbocycles. The summed E-state index contributed by atoms with van der Waals surface area (Å²) in [5.74, 6) is -0.779. The van der Waals surface area contributed by atoms with E-state index in [1.54, 1.807) is 59.5 Å². The third-order valence-corrected chi connectivity index (χ3v) is 4.62. The number of nitriles is 1. The van der Waals surface area contributed by atoms with Crippen LogP contribution in [0.1, 0.15) is 18.4 Å². The summed E-state index contributed by atoms with van der Waals surface area (Å²) < 4.78 is 10.1. The highest BCUT2D eigenvalue weighted by atomic mass is 16.5. The average molecular weight is 419 g/mol. The van der Waals surface area contributed by atoms with Gasteiger partial charge in [0.25, 0.3) is 5.91 Å². The summed E-state index contributed by atoms with van der Waals surface area (Å²) >= 11 is 0. The van der Waals surface area contributed by atoms with Crippen molar-refractivity contribution in [2.75, 3.05) is 30.5 Å². The Bertz CT molecular complexity index is 1050. The van der Waals surface area contributed by atoms with E-state index in [0.717, 1.165) is 12.1 Å². The fourth-order valence-corrected chi connectivity index (χ4v) is 3.09. The highest BCUT2D eigenvalue weighted by Gasteiger charge is 2.21. The van der Waals surface area contributed by atoms with Crippen LogP contribution in [0.4, 0.5) is 11.4 Å². The SMILES string of the molecule is COc1cccc(/C=C(\C#N)C(=O)OCC(=O)Nc2ccc(N3CCCC3=O)cc2)c1. The van der Waals surface area contributed by atoms with Gasteiger partial charge in [0.15, 0.2) is 6.61 Å². The van der Waals surface area contributed by atoms with Gasteiger partial charge in [0.05, 0.1) is 7.11 Å². The largest absolute Gasteiger partial charge is 0.497 e. The van der Waals surface area contributed by atoms with Crippen molar-refractivity contribution in [3.63, 3.8) is 0 Å². The van der Waals surface area contributed by atoms with Gasteiger partial charge in [-0.2, -0.15) is 5.26 Å². The summed E-state index contributed by atoms with van der Waals surface area (Å²) in [5.41, 5.74) is 1.63. The van der Waals surface area contributed by atoms with Gasteiger partial charge in [-0.1, -0.05) is 12.1 Å². The molecule has 0 aliphatic carbocycles. The molecule has 0 bridgehead atoms. The molecule has 158 valence electrons. The standard InChI is InChI=1S/C23H21N3O5/c1-30-20-5-2-4-16(13-20)12-17(14-24)23(29)31-15-21(27)25-18-7-9-19(10-8-18)26-11-3-6-22(26)28/h2,4-5,7-10,12-13H,3,6,11,15H2,1H3,(H,25,27)/b17-12+. The highest BCUT2D eigenvalue weighted by molar-refractivity contribution is 6.00. The van der Waals surface area contributed by atoms with E-state index in [1.165, 1.54) is 13.2 Å². The molecule has 1 fully saturated rings. The Kier molecular flexibility index (Phi) is 7.01. The molecular weight excluding hydrogens is 398 g/mol. The molecule has 0 radical (unpaired) electrons. The quantitative estimate of drug-likeness (QED) is 0.420. The lowest BCUT2D eigenvalue weighted by Gasteiger charge is -2.16. The number of hydrogen-bond donors (Lipinski definition) is 1. The number of ether oxygens (including phenoxy) is 2. The molecule has 1 saturated heterocycles. The van der Waals surface area contributed by atoms with E-state index in [-0.39, 0.29) is 11.5 Å². The van der Waals surface area contributed by atoms with Crippen LogP contribution in [-0.4, -0.2) is 38.0 Å². The van der Waals surface area contributed by atoms with Gasteiger partial charge in [-0.15, -0.1) is 0 Å². The van der Waals surface area contributed by atoms with E-state index < -0.39 is 18.5 Å². The van der Waals surface area contributed by atoms with Gasteiger partial charge in [-0.3, -0.25) is 9.59 Å². The molecule has 1 heterocycles. The number of esters is 1. The molecule has 0 saturated carbocycles. The van der Waals surface area contributed by atoms with E-state index in [4.69, 9.17) is 9.47 Å². The van der Waals surface area contributed by atoms with Gasteiger partial charge in [-0.25, -0.2) is 4.79 Å². The van der Waals surface area contributed by atoms with E-state index in [1.807, 2.05) is 0 Å². The van der Waals surface area contributed by atoms with Crippen LogP contribution in [0.2, 0.25) is 0 Å². The fraction of sp³-hybridized carbons (Fsp3) is 0.217. The molecule has 0 aromatic heterocycles. The molecule has 3 rings (SSSR count). The van der Waals surface area contributed by atoms with Crippen LogP contribution >= 0.6 is 0 Å². The van der Waals surface area contributed by atoms with Crippen LogP contribution in [-0.2, 0) is 19.1 Å². The minimum Gasteiger partial charge on any atom is -0.497 e. The number of anilines is 2. The number of methoxy groups -OCH3 is 1.